The van der Waals surface area contributed by atoms with Gasteiger partial charge >= 0.3 is 0 Å². The monoisotopic (exact) mass is 632 g/mol. The zero-order valence-corrected chi connectivity index (χ0v) is 30.3. The molecule has 45 heavy (non-hydrogen) atoms. The molecule has 2 amide bonds. The largest absolute Gasteiger partial charge is 0.355 e. The topological polar surface area (TPSA) is 70.2 Å². The number of hydrogen-bond acceptors (Lipinski definition) is 3. The standard InChI is InChI=1S/C40H77N3O2/c1-3-5-7-9-11-13-15-17-19-21-23-25-27-29-31-33-39(44)42-37-35-41-36-38-43-40(45)34-32-30-28-26-24-22-20-18-16-14-12-10-8-6-4-2/h17-20,41H,3-16,21-38H2,1-2H3,(H,42,44)(H,43,45). The molecule has 0 saturated heterocycles. The Labute approximate surface area is 281 Å². The highest BCUT2D eigenvalue weighted by atomic mass is 16.2. The Morgan fingerprint density at radius 2 is 0.667 bits per heavy atom. The summed E-state index contributed by atoms with van der Waals surface area (Å²) in [6, 6.07) is 0. The minimum absolute atomic E-state index is 0.155. The van der Waals surface area contributed by atoms with E-state index in [0.717, 1.165) is 38.8 Å². The average molecular weight is 632 g/mol. The van der Waals surface area contributed by atoms with Gasteiger partial charge in [0, 0.05) is 39.0 Å². The lowest BCUT2D eigenvalue weighted by Gasteiger charge is -2.08. The Morgan fingerprint density at radius 1 is 0.378 bits per heavy atom. The fraction of sp³-hybridized carbons (Fsp3) is 0.850. The van der Waals surface area contributed by atoms with Crippen LogP contribution in [0.1, 0.15) is 194 Å². The molecule has 5 heteroatoms. The van der Waals surface area contributed by atoms with Crippen molar-refractivity contribution in [3.05, 3.63) is 24.3 Å². The summed E-state index contributed by atoms with van der Waals surface area (Å²) < 4.78 is 0. The number of rotatable bonds is 36. The van der Waals surface area contributed by atoms with Crippen LogP contribution in [0, 0.1) is 0 Å². The van der Waals surface area contributed by atoms with Crippen molar-refractivity contribution in [2.24, 2.45) is 0 Å². The van der Waals surface area contributed by atoms with E-state index in [1.54, 1.807) is 0 Å². The number of nitrogens with one attached hydrogen (secondary N) is 3. The molecule has 3 N–H and O–H groups in total. The van der Waals surface area contributed by atoms with Crippen molar-refractivity contribution >= 4 is 11.8 Å². The maximum Gasteiger partial charge on any atom is 0.220 e. The fourth-order valence-electron chi connectivity index (χ4n) is 5.59. The molecule has 0 unspecified atom stereocenters. The van der Waals surface area contributed by atoms with Gasteiger partial charge in [0.25, 0.3) is 0 Å². The first-order valence-corrected chi connectivity index (χ1v) is 19.7. The maximum absolute atomic E-state index is 12.0. The molecule has 0 bridgehead atoms. The van der Waals surface area contributed by atoms with E-state index >= 15 is 0 Å². The molecule has 0 spiro atoms. The number of carbonyl (C=O) groups is 2. The van der Waals surface area contributed by atoms with Crippen molar-refractivity contribution < 1.29 is 9.59 Å². The van der Waals surface area contributed by atoms with E-state index in [2.05, 4.69) is 54.1 Å². The summed E-state index contributed by atoms with van der Waals surface area (Å²) in [6.45, 7) is 7.31. The molecule has 0 aliphatic rings. The Morgan fingerprint density at radius 3 is 1.00 bits per heavy atom. The molecule has 0 aliphatic carbocycles. The van der Waals surface area contributed by atoms with Crippen molar-refractivity contribution in [1.82, 2.24) is 16.0 Å². The zero-order valence-electron chi connectivity index (χ0n) is 30.3. The smallest absolute Gasteiger partial charge is 0.220 e. The van der Waals surface area contributed by atoms with Crippen LogP contribution in [-0.4, -0.2) is 38.0 Å². The SMILES string of the molecule is CCCCCCCCC=CCCCCCCCC(=O)NCCNCCNC(=O)CCCCCCCC=CCCCCCCCC. The molecule has 0 aromatic carbocycles. The second-order valence-electron chi connectivity index (χ2n) is 13.1. The lowest BCUT2D eigenvalue weighted by Crippen LogP contribution is -2.36. The molecular formula is C40H77N3O2. The summed E-state index contributed by atoms with van der Waals surface area (Å²) in [4.78, 5) is 24.1. The summed E-state index contributed by atoms with van der Waals surface area (Å²) in [5, 5.41) is 9.30. The normalized spacial score (nSPS) is 11.6. The van der Waals surface area contributed by atoms with E-state index in [4.69, 9.17) is 0 Å². The minimum atomic E-state index is 0.155. The van der Waals surface area contributed by atoms with Crippen LogP contribution in [0.2, 0.25) is 0 Å². The van der Waals surface area contributed by atoms with Gasteiger partial charge in [-0.3, -0.25) is 9.59 Å². The van der Waals surface area contributed by atoms with Gasteiger partial charge in [0.15, 0.2) is 0 Å². The number of hydrogen-bond donors (Lipinski definition) is 3. The molecule has 264 valence electrons. The highest BCUT2D eigenvalue weighted by molar-refractivity contribution is 5.76. The zero-order chi connectivity index (χ0) is 32.7. The van der Waals surface area contributed by atoms with Gasteiger partial charge in [-0.25, -0.2) is 0 Å². The van der Waals surface area contributed by atoms with Gasteiger partial charge in [0.05, 0.1) is 0 Å². The minimum Gasteiger partial charge on any atom is -0.355 e. The predicted molar refractivity (Wildman–Crippen MR) is 198 cm³/mol. The second kappa shape index (κ2) is 38.6. The van der Waals surface area contributed by atoms with Gasteiger partial charge in [-0.15, -0.1) is 0 Å². The summed E-state index contributed by atoms with van der Waals surface area (Å²) in [7, 11) is 0. The third-order valence-electron chi connectivity index (χ3n) is 8.58. The highest BCUT2D eigenvalue weighted by Crippen LogP contribution is 2.11. The number of unbranched alkanes of at least 4 members (excludes halogenated alkanes) is 22. The molecule has 5 nitrogen and oxygen atoms in total. The Bertz CT molecular complexity index is 620. The molecule has 0 aromatic rings. The van der Waals surface area contributed by atoms with Crippen LogP contribution in [0.3, 0.4) is 0 Å². The van der Waals surface area contributed by atoms with E-state index < -0.39 is 0 Å². The summed E-state index contributed by atoms with van der Waals surface area (Å²) >= 11 is 0. The third-order valence-corrected chi connectivity index (χ3v) is 8.58. The van der Waals surface area contributed by atoms with Gasteiger partial charge in [-0.2, -0.15) is 0 Å². The van der Waals surface area contributed by atoms with E-state index in [0.29, 0.717) is 25.9 Å². The van der Waals surface area contributed by atoms with Crippen LogP contribution in [0.25, 0.3) is 0 Å². The number of allylic oxidation sites excluding steroid dienone is 4. The summed E-state index contributed by atoms with van der Waals surface area (Å²) in [5.41, 5.74) is 0. The van der Waals surface area contributed by atoms with Crippen LogP contribution in [0.5, 0.6) is 0 Å². The quantitative estimate of drug-likeness (QED) is 0.0476. The predicted octanol–water partition coefficient (Wildman–Crippen LogP) is 10.9. The van der Waals surface area contributed by atoms with Crippen molar-refractivity contribution in [3.63, 3.8) is 0 Å². The van der Waals surface area contributed by atoms with Gasteiger partial charge < -0.3 is 16.0 Å². The van der Waals surface area contributed by atoms with Crippen molar-refractivity contribution in [3.8, 4) is 0 Å². The average Bonchev–Trinajstić information content (AvgIpc) is 3.04. The molecule has 0 aromatic heterocycles. The second-order valence-corrected chi connectivity index (χ2v) is 13.1. The van der Waals surface area contributed by atoms with Crippen LogP contribution in [-0.2, 0) is 9.59 Å². The Kier molecular flexibility index (Phi) is 37.2. The maximum atomic E-state index is 12.0. The van der Waals surface area contributed by atoms with E-state index in [-0.39, 0.29) is 11.8 Å². The van der Waals surface area contributed by atoms with Gasteiger partial charge in [0.2, 0.25) is 11.8 Å². The van der Waals surface area contributed by atoms with E-state index in [1.807, 2.05) is 0 Å². The Balaban J connectivity index is 3.31. The van der Waals surface area contributed by atoms with Crippen LogP contribution >= 0.6 is 0 Å². The summed E-state index contributed by atoms with van der Waals surface area (Å²) in [5.74, 6) is 0.311. The van der Waals surface area contributed by atoms with Crippen LogP contribution < -0.4 is 16.0 Å². The fourth-order valence-corrected chi connectivity index (χ4v) is 5.59. The van der Waals surface area contributed by atoms with Crippen molar-refractivity contribution in [1.29, 1.82) is 0 Å². The van der Waals surface area contributed by atoms with E-state index in [9.17, 15) is 9.59 Å². The number of amides is 2. The highest BCUT2D eigenvalue weighted by Gasteiger charge is 2.02. The molecule has 0 aliphatic heterocycles. The molecule has 0 saturated carbocycles. The first kappa shape index (κ1) is 43.4. The molecule has 0 heterocycles. The lowest BCUT2D eigenvalue weighted by atomic mass is 10.1. The Hall–Kier alpha value is -1.62. The molecular weight excluding hydrogens is 554 g/mol. The molecule has 0 rings (SSSR count). The molecule has 0 atom stereocenters. The first-order chi connectivity index (χ1) is 22.2. The first-order valence-electron chi connectivity index (χ1n) is 19.7. The third kappa shape index (κ3) is 38.5. The van der Waals surface area contributed by atoms with Gasteiger partial charge in [0.1, 0.15) is 0 Å². The van der Waals surface area contributed by atoms with Crippen molar-refractivity contribution in [2.45, 2.75) is 194 Å². The molecule has 0 fully saturated rings. The van der Waals surface area contributed by atoms with Crippen molar-refractivity contribution in [2.75, 3.05) is 26.2 Å². The van der Waals surface area contributed by atoms with Gasteiger partial charge in [-0.1, -0.05) is 141 Å². The number of carbonyl (C=O) groups excluding carboxylic acids is 2. The van der Waals surface area contributed by atoms with E-state index in [1.165, 1.54) is 141 Å². The lowest BCUT2D eigenvalue weighted by molar-refractivity contribution is -0.121. The van der Waals surface area contributed by atoms with Crippen LogP contribution in [0.15, 0.2) is 24.3 Å². The molecule has 0 radical (unpaired) electrons. The van der Waals surface area contributed by atoms with Crippen LogP contribution in [0.4, 0.5) is 0 Å². The summed E-state index contributed by atoms with van der Waals surface area (Å²) in [6.07, 6.45) is 43.9. The van der Waals surface area contributed by atoms with Gasteiger partial charge in [-0.05, 0) is 64.2 Å².